The molecule has 1 atom stereocenters. The molecule has 1 unspecified atom stereocenters. The van der Waals surface area contributed by atoms with Crippen molar-refractivity contribution in [2.45, 2.75) is 19.0 Å². The van der Waals surface area contributed by atoms with Gasteiger partial charge in [0.15, 0.2) is 0 Å². The average Bonchev–Trinajstić information content (AvgIpc) is 3.43. The molecule has 3 aromatic rings. The third kappa shape index (κ3) is 4.57. The minimum Gasteiger partial charge on any atom is -0.314 e. The van der Waals surface area contributed by atoms with Crippen LogP contribution in [0.25, 0.3) is 16.9 Å². The SMILES string of the molecule is Cl.c1ccc(-n2cc(CN3CCC(N4CCNCC4)C3)c(-c3ccncc3)n2)cc1. The van der Waals surface area contributed by atoms with Crippen molar-refractivity contribution in [1.29, 1.82) is 0 Å². The van der Waals surface area contributed by atoms with Crippen LogP contribution in [-0.4, -0.2) is 69.9 Å². The zero-order chi connectivity index (χ0) is 19.5. The van der Waals surface area contributed by atoms with E-state index in [4.69, 9.17) is 5.10 Å². The zero-order valence-electron chi connectivity index (χ0n) is 17.2. The monoisotopic (exact) mass is 424 g/mol. The van der Waals surface area contributed by atoms with E-state index in [0.717, 1.165) is 49.7 Å². The first kappa shape index (κ1) is 21.0. The van der Waals surface area contributed by atoms with E-state index in [9.17, 15) is 0 Å². The Hall–Kier alpha value is -2.25. The second-order valence-corrected chi connectivity index (χ2v) is 7.98. The summed E-state index contributed by atoms with van der Waals surface area (Å²) >= 11 is 0. The van der Waals surface area contributed by atoms with Crippen LogP contribution >= 0.6 is 12.4 Å². The van der Waals surface area contributed by atoms with E-state index in [2.05, 4.69) is 62.7 Å². The smallest absolute Gasteiger partial charge is 0.0973 e. The zero-order valence-corrected chi connectivity index (χ0v) is 18.0. The maximum Gasteiger partial charge on any atom is 0.0973 e. The van der Waals surface area contributed by atoms with Crippen LogP contribution in [-0.2, 0) is 6.54 Å². The number of benzene rings is 1. The normalized spacial score (nSPS) is 20.2. The predicted octanol–water partition coefficient (Wildman–Crippen LogP) is 2.84. The molecule has 2 aromatic heterocycles. The van der Waals surface area contributed by atoms with Gasteiger partial charge in [-0.15, -0.1) is 12.4 Å². The molecule has 0 amide bonds. The molecule has 5 rings (SSSR count). The number of para-hydroxylation sites is 1. The standard InChI is InChI=1S/C23H28N6.ClH/c1-2-4-21(5-3-1)29-17-20(23(26-29)19-6-9-24-10-7-19)16-27-13-8-22(18-27)28-14-11-25-12-15-28;/h1-7,9-10,17,22,25H,8,11-16,18H2;1H. The molecule has 0 saturated carbocycles. The van der Waals surface area contributed by atoms with Gasteiger partial charge in [0.1, 0.15) is 0 Å². The highest BCUT2D eigenvalue weighted by Gasteiger charge is 2.29. The summed E-state index contributed by atoms with van der Waals surface area (Å²) in [4.78, 5) is 9.42. The molecule has 0 spiro atoms. The first-order chi connectivity index (χ1) is 14.4. The van der Waals surface area contributed by atoms with Crippen molar-refractivity contribution in [1.82, 2.24) is 29.9 Å². The van der Waals surface area contributed by atoms with E-state index >= 15 is 0 Å². The number of nitrogens with zero attached hydrogens (tertiary/aromatic N) is 5. The second-order valence-electron chi connectivity index (χ2n) is 7.98. The van der Waals surface area contributed by atoms with Crippen molar-refractivity contribution in [3.8, 4) is 16.9 Å². The maximum atomic E-state index is 4.95. The van der Waals surface area contributed by atoms with Gasteiger partial charge >= 0.3 is 0 Å². The summed E-state index contributed by atoms with van der Waals surface area (Å²) in [6.07, 6.45) is 7.15. The van der Waals surface area contributed by atoms with Crippen LogP contribution in [0.5, 0.6) is 0 Å². The number of halogens is 1. The molecule has 2 fully saturated rings. The van der Waals surface area contributed by atoms with Gasteiger partial charge in [-0.25, -0.2) is 4.68 Å². The van der Waals surface area contributed by atoms with Crippen LogP contribution < -0.4 is 5.32 Å². The van der Waals surface area contributed by atoms with Crippen LogP contribution in [0, 0.1) is 0 Å². The number of hydrogen-bond acceptors (Lipinski definition) is 5. The Morgan fingerprint density at radius 2 is 1.73 bits per heavy atom. The van der Waals surface area contributed by atoms with Gasteiger partial charge in [0.25, 0.3) is 0 Å². The highest BCUT2D eigenvalue weighted by atomic mass is 35.5. The molecule has 158 valence electrons. The Balaban J connectivity index is 0.00000218. The lowest BCUT2D eigenvalue weighted by Crippen LogP contribution is -2.49. The van der Waals surface area contributed by atoms with Crippen LogP contribution in [0.15, 0.2) is 61.1 Å². The van der Waals surface area contributed by atoms with E-state index in [1.54, 1.807) is 0 Å². The van der Waals surface area contributed by atoms with Gasteiger partial charge in [-0.05, 0) is 30.7 Å². The van der Waals surface area contributed by atoms with E-state index in [-0.39, 0.29) is 12.4 Å². The molecular weight excluding hydrogens is 396 g/mol. The number of hydrogen-bond donors (Lipinski definition) is 1. The summed E-state index contributed by atoms with van der Waals surface area (Å²) < 4.78 is 2.01. The number of nitrogens with one attached hydrogen (secondary N) is 1. The quantitative estimate of drug-likeness (QED) is 0.682. The lowest BCUT2D eigenvalue weighted by Gasteiger charge is -2.32. The van der Waals surface area contributed by atoms with Crippen molar-refractivity contribution < 1.29 is 0 Å². The Labute approximate surface area is 184 Å². The number of rotatable bonds is 5. The van der Waals surface area contributed by atoms with Crippen LogP contribution in [0.4, 0.5) is 0 Å². The molecule has 30 heavy (non-hydrogen) atoms. The van der Waals surface area contributed by atoms with Crippen LogP contribution in [0.2, 0.25) is 0 Å². The lowest BCUT2D eigenvalue weighted by molar-refractivity contribution is 0.170. The van der Waals surface area contributed by atoms with Crippen molar-refractivity contribution in [3.63, 3.8) is 0 Å². The first-order valence-corrected chi connectivity index (χ1v) is 10.6. The highest BCUT2D eigenvalue weighted by Crippen LogP contribution is 2.26. The van der Waals surface area contributed by atoms with E-state index in [0.29, 0.717) is 6.04 Å². The molecular formula is C23H29ClN6. The van der Waals surface area contributed by atoms with Gasteiger partial charge in [-0.3, -0.25) is 14.8 Å². The first-order valence-electron chi connectivity index (χ1n) is 10.6. The lowest BCUT2D eigenvalue weighted by atomic mass is 10.1. The van der Waals surface area contributed by atoms with Crippen molar-refractivity contribution in [2.75, 3.05) is 39.3 Å². The minimum atomic E-state index is 0. The Morgan fingerprint density at radius 1 is 0.967 bits per heavy atom. The summed E-state index contributed by atoms with van der Waals surface area (Å²) in [6.45, 7) is 7.82. The molecule has 2 aliphatic rings. The van der Waals surface area contributed by atoms with Gasteiger partial charge in [0.05, 0.1) is 11.4 Å². The van der Waals surface area contributed by atoms with E-state index in [1.165, 1.54) is 25.1 Å². The predicted molar refractivity (Wildman–Crippen MR) is 122 cm³/mol. The Bertz CT molecular complexity index is 923. The molecule has 6 nitrogen and oxygen atoms in total. The van der Waals surface area contributed by atoms with Gasteiger partial charge in [-0.2, -0.15) is 5.10 Å². The molecule has 1 aromatic carbocycles. The van der Waals surface area contributed by atoms with Gasteiger partial charge in [0.2, 0.25) is 0 Å². The minimum absolute atomic E-state index is 0. The van der Waals surface area contributed by atoms with Crippen LogP contribution in [0.3, 0.4) is 0 Å². The topological polar surface area (TPSA) is 49.2 Å². The maximum absolute atomic E-state index is 4.95. The van der Waals surface area contributed by atoms with Gasteiger partial charge in [0, 0.05) is 81.6 Å². The summed E-state index contributed by atoms with van der Waals surface area (Å²) in [6, 6.07) is 15.1. The second kappa shape index (κ2) is 9.71. The Kier molecular flexibility index (Phi) is 6.79. The van der Waals surface area contributed by atoms with E-state index in [1.807, 2.05) is 23.1 Å². The molecule has 2 saturated heterocycles. The van der Waals surface area contributed by atoms with Crippen molar-refractivity contribution >= 4 is 12.4 Å². The third-order valence-electron chi connectivity index (χ3n) is 6.07. The largest absolute Gasteiger partial charge is 0.314 e. The molecule has 4 heterocycles. The molecule has 7 heteroatoms. The average molecular weight is 425 g/mol. The number of likely N-dealkylation sites (tertiary alicyclic amines) is 1. The molecule has 0 aliphatic carbocycles. The van der Waals surface area contributed by atoms with E-state index < -0.39 is 0 Å². The van der Waals surface area contributed by atoms with Gasteiger partial charge in [-0.1, -0.05) is 18.2 Å². The fraction of sp³-hybridized carbons (Fsp3) is 0.391. The fourth-order valence-electron chi connectivity index (χ4n) is 4.53. The summed E-state index contributed by atoms with van der Waals surface area (Å²) in [7, 11) is 0. The number of pyridine rings is 1. The van der Waals surface area contributed by atoms with Crippen LogP contribution in [0.1, 0.15) is 12.0 Å². The number of aromatic nitrogens is 3. The highest BCUT2D eigenvalue weighted by molar-refractivity contribution is 5.85. The summed E-state index contributed by atoms with van der Waals surface area (Å²) in [5.74, 6) is 0. The number of piperazine rings is 1. The summed E-state index contributed by atoms with van der Waals surface area (Å²) in [5, 5.41) is 8.41. The summed E-state index contributed by atoms with van der Waals surface area (Å²) in [5.41, 5.74) is 4.56. The Morgan fingerprint density at radius 3 is 2.50 bits per heavy atom. The molecule has 2 aliphatic heterocycles. The fourth-order valence-corrected chi connectivity index (χ4v) is 4.53. The molecule has 0 radical (unpaired) electrons. The van der Waals surface area contributed by atoms with Gasteiger partial charge < -0.3 is 5.32 Å². The van der Waals surface area contributed by atoms with Crippen molar-refractivity contribution in [2.24, 2.45) is 0 Å². The molecule has 0 bridgehead atoms. The molecule has 1 N–H and O–H groups in total. The van der Waals surface area contributed by atoms with Crippen molar-refractivity contribution in [3.05, 3.63) is 66.6 Å². The third-order valence-corrected chi connectivity index (χ3v) is 6.07.